The fourth-order valence-corrected chi connectivity index (χ4v) is 0.844. The second-order valence-electron chi connectivity index (χ2n) is 2.58. The summed E-state index contributed by atoms with van der Waals surface area (Å²) in [7, 11) is 1.83. The van der Waals surface area contributed by atoms with Gasteiger partial charge >= 0.3 is 0 Å². The molecule has 0 saturated carbocycles. The Morgan fingerprint density at radius 3 is 3.08 bits per heavy atom. The highest BCUT2D eigenvalue weighted by molar-refractivity contribution is 5.87. The van der Waals surface area contributed by atoms with Crippen LogP contribution in [0.5, 0.6) is 0 Å². The number of hydrogen-bond donors (Lipinski definition) is 1. The molecule has 1 aromatic heterocycles. The Balaban J connectivity index is 2.44. The zero-order valence-electron chi connectivity index (χ0n) is 7.69. The van der Waals surface area contributed by atoms with E-state index in [2.05, 4.69) is 15.5 Å². The van der Waals surface area contributed by atoms with Gasteiger partial charge in [-0.05, 0) is 13.0 Å². The maximum atomic E-state index is 11.0. The average molecular weight is 180 g/mol. The summed E-state index contributed by atoms with van der Waals surface area (Å²) in [6.45, 7) is 2.20. The first-order chi connectivity index (χ1) is 6.24. The van der Waals surface area contributed by atoms with Gasteiger partial charge in [0.2, 0.25) is 5.91 Å². The van der Waals surface area contributed by atoms with E-state index in [4.69, 9.17) is 0 Å². The monoisotopic (exact) mass is 180 g/mol. The van der Waals surface area contributed by atoms with Crippen LogP contribution in [-0.2, 0) is 18.4 Å². The SMILES string of the molecule is CC=CC(=O)NCc1nncn1C. The third-order valence-corrected chi connectivity index (χ3v) is 1.54. The first kappa shape index (κ1) is 9.44. The topological polar surface area (TPSA) is 59.8 Å². The lowest BCUT2D eigenvalue weighted by molar-refractivity contribution is -0.116. The van der Waals surface area contributed by atoms with Crippen molar-refractivity contribution in [2.75, 3.05) is 0 Å². The molecule has 0 aromatic carbocycles. The summed E-state index contributed by atoms with van der Waals surface area (Å²) in [6, 6.07) is 0. The molecule has 1 aromatic rings. The molecule has 0 unspecified atom stereocenters. The van der Waals surface area contributed by atoms with Crippen LogP contribution >= 0.6 is 0 Å². The lowest BCUT2D eigenvalue weighted by atomic mass is 10.5. The van der Waals surface area contributed by atoms with Gasteiger partial charge in [-0.3, -0.25) is 4.79 Å². The number of carbonyl (C=O) groups is 1. The fourth-order valence-electron chi connectivity index (χ4n) is 0.844. The Morgan fingerprint density at radius 1 is 1.77 bits per heavy atom. The van der Waals surface area contributed by atoms with Crippen molar-refractivity contribution in [2.45, 2.75) is 13.5 Å². The van der Waals surface area contributed by atoms with Crippen molar-refractivity contribution >= 4 is 5.91 Å². The number of carbonyl (C=O) groups excluding carboxylic acids is 1. The van der Waals surface area contributed by atoms with E-state index in [-0.39, 0.29) is 5.91 Å². The zero-order chi connectivity index (χ0) is 9.68. The van der Waals surface area contributed by atoms with Crippen molar-refractivity contribution in [1.29, 1.82) is 0 Å². The average Bonchev–Trinajstić information content (AvgIpc) is 2.48. The van der Waals surface area contributed by atoms with Gasteiger partial charge < -0.3 is 9.88 Å². The van der Waals surface area contributed by atoms with Crippen LogP contribution in [0.3, 0.4) is 0 Å². The normalized spacial score (nSPS) is 10.6. The second kappa shape index (κ2) is 4.39. The standard InChI is InChI=1S/C8H12N4O/c1-3-4-8(13)9-5-7-11-10-6-12(7)2/h3-4,6H,5H2,1-2H3,(H,9,13). The highest BCUT2D eigenvalue weighted by Crippen LogP contribution is 1.89. The Morgan fingerprint density at radius 2 is 2.54 bits per heavy atom. The number of amides is 1. The van der Waals surface area contributed by atoms with Crippen molar-refractivity contribution in [3.05, 3.63) is 24.3 Å². The van der Waals surface area contributed by atoms with Crippen LogP contribution in [0.1, 0.15) is 12.7 Å². The van der Waals surface area contributed by atoms with Gasteiger partial charge in [0.05, 0.1) is 6.54 Å². The molecule has 0 aliphatic carbocycles. The molecule has 1 heterocycles. The molecule has 1 N–H and O–H groups in total. The van der Waals surface area contributed by atoms with E-state index in [1.807, 2.05) is 7.05 Å². The second-order valence-corrected chi connectivity index (χ2v) is 2.58. The fraction of sp³-hybridized carbons (Fsp3) is 0.375. The lowest BCUT2D eigenvalue weighted by Crippen LogP contribution is -2.22. The Bertz CT molecular complexity index is 316. The third kappa shape index (κ3) is 2.70. The largest absolute Gasteiger partial charge is 0.345 e. The molecule has 5 nitrogen and oxygen atoms in total. The minimum Gasteiger partial charge on any atom is -0.345 e. The number of nitrogens with zero attached hydrogens (tertiary/aromatic N) is 3. The molecule has 0 fully saturated rings. The lowest BCUT2D eigenvalue weighted by Gasteiger charge is -2.00. The molecule has 0 saturated heterocycles. The first-order valence-electron chi connectivity index (χ1n) is 3.97. The molecule has 1 rings (SSSR count). The maximum Gasteiger partial charge on any atom is 0.244 e. The van der Waals surface area contributed by atoms with E-state index in [1.54, 1.807) is 23.9 Å². The molecule has 0 aliphatic heterocycles. The van der Waals surface area contributed by atoms with Crippen LogP contribution in [0.15, 0.2) is 18.5 Å². The summed E-state index contributed by atoms with van der Waals surface area (Å²) in [5, 5.41) is 10.2. The molecule has 0 atom stereocenters. The number of hydrogen-bond acceptors (Lipinski definition) is 3. The van der Waals surface area contributed by atoms with Gasteiger partial charge in [0.15, 0.2) is 5.82 Å². The van der Waals surface area contributed by atoms with Gasteiger partial charge in [0.1, 0.15) is 6.33 Å². The van der Waals surface area contributed by atoms with E-state index in [1.165, 1.54) is 6.08 Å². The Hall–Kier alpha value is -1.65. The van der Waals surface area contributed by atoms with Gasteiger partial charge in [-0.15, -0.1) is 10.2 Å². The maximum absolute atomic E-state index is 11.0. The molecule has 70 valence electrons. The number of allylic oxidation sites excluding steroid dienone is 1. The van der Waals surface area contributed by atoms with Crippen molar-refractivity contribution in [3.8, 4) is 0 Å². The van der Waals surface area contributed by atoms with Gasteiger partial charge in [0, 0.05) is 7.05 Å². The molecule has 13 heavy (non-hydrogen) atoms. The zero-order valence-corrected chi connectivity index (χ0v) is 7.69. The molecule has 0 radical (unpaired) electrons. The molecule has 0 spiro atoms. The Kier molecular flexibility index (Phi) is 3.19. The summed E-state index contributed by atoms with van der Waals surface area (Å²) in [5.74, 6) is 0.614. The van der Waals surface area contributed by atoms with E-state index in [0.29, 0.717) is 6.54 Å². The summed E-state index contributed by atoms with van der Waals surface area (Å²) < 4.78 is 1.76. The summed E-state index contributed by atoms with van der Waals surface area (Å²) in [5.41, 5.74) is 0. The number of aromatic nitrogens is 3. The molecular weight excluding hydrogens is 168 g/mol. The highest BCUT2D eigenvalue weighted by atomic mass is 16.1. The van der Waals surface area contributed by atoms with Crippen LogP contribution in [0.25, 0.3) is 0 Å². The van der Waals surface area contributed by atoms with Crippen LogP contribution < -0.4 is 5.32 Å². The summed E-state index contributed by atoms with van der Waals surface area (Å²) >= 11 is 0. The third-order valence-electron chi connectivity index (χ3n) is 1.54. The summed E-state index contributed by atoms with van der Waals surface area (Å²) in [4.78, 5) is 11.0. The number of rotatable bonds is 3. The smallest absolute Gasteiger partial charge is 0.244 e. The molecule has 1 amide bonds. The van der Waals surface area contributed by atoms with Gasteiger partial charge in [-0.2, -0.15) is 0 Å². The van der Waals surface area contributed by atoms with Crippen molar-refractivity contribution in [3.63, 3.8) is 0 Å². The number of aryl methyl sites for hydroxylation is 1. The van der Waals surface area contributed by atoms with Gasteiger partial charge in [-0.1, -0.05) is 6.08 Å². The molecule has 5 heteroatoms. The molecular formula is C8H12N4O. The predicted molar refractivity (Wildman–Crippen MR) is 47.7 cm³/mol. The minimum absolute atomic E-state index is 0.120. The number of nitrogens with one attached hydrogen (secondary N) is 1. The van der Waals surface area contributed by atoms with Crippen LogP contribution in [0.2, 0.25) is 0 Å². The first-order valence-corrected chi connectivity index (χ1v) is 3.97. The van der Waals surface area contributed by atoms with Crippen LogP contribution in [0, 0.1) is 0 Å². The molecule has 0 aliphatic rings. The van der Waals surface area contributed by atoms with Crippen molar-refractivity contribution < 1.29 is 4.79 Å². The van der Waals surface area contributed by atoms with E-state index in [9.17, 15) is 4.79 Å². The van der Waals surface area contributed by atoms with Gasteiger partial charge in [-0.25, -0.2) is 0 Å². The van der Waals surface area contributed by atoms with E-state index >= 15 is 0 Å². The Labute approximate surface area is 76.5 Å². The summed E-state index contributed by atoms with van der Waals surface area (Å²) in [6.07, 6.45) is 4.75. The van der Waals surface area contributed by atoms with Crippen molar-refractivity contribution in [1.82, 2.24) is 20.1 Å². The quantitative estimate of drug-likeness (QED) is 0.666. The van der Waals surface area contributed by atoms with Crippen LogP contribution in [0.4, 0.5) is 0 Å². The van der Waals surface area contributed by atoms with Crippen LogP contribution in [-0.4, -0.2) is 20.7 Å². The van der Waals surface area contributed by atoms with Crippen molar-refractivity contribution in [2.24, 2.45) is 7.05 Å². The molecule has 0 bridgehead atoms. The highest BCUT2D eigenvalue weighted by Gasteiger charge is 2.00. The van der Waals surface area contributed by atoms with E-state index < -0.39 is 0 Å². The van der Waals surface area contributed by atoms with Gasteiger partial charge in [0.25, 0.3) is 0 Å². The minimum atomic E-state index is -0.120. The van der Waals surface area contributed by atoms with E-state index in [0.717, 1.165) is 5.82 Å². The predicted octanol–water partition coefficient (Wildman–Crippen LogP) is 0.00740.